The molecule has 126 valence electrons. The summed E-state index contributed by atoms with van der Waals surface area (Å²) in [4.78, 5) is 15.0. The number of carbonyl (C=O) groups is 1. The topological polar surface area (TPSA) is 114 Å². The number of hydrogen-bond donors (Lipinski definition) is 2. The van der Waals surface area contributed by atoms with Gasteiger partial charge in [-0.15, -0.1) is 0 Å². The summed E-state index contributed by atoms with van der Waals surface area (Å²) in [5.41, 5.74) is 0.858. The third-order valence-corrected chi connectivity index (χ3v) is 5.17. The molecular formula is C13H17ClN4O4S. The zero-order valence-electron chi connectivity index (χ0n) is 12.7. The van der Waals surface area contributed by atoms with E-state index in [-0.39, 0.29) is 11.3 Å². The monoisotopic (exact) mass is 360 g/mol. The molecule has 0 radical (unpaired) electrons. The van der Waals surface area contributed by atoms with Gasteiger partial charge in [0.05, 0.1) is 18.1 Å². The molecule has 2 heterocycles. The van der Waals surface area contributed by atoms with E-state index >= 15 is 0 Å². The quantitative estimate of drug-likeness (QED) is 0.775. The smallest absolute Gasteiger partial charge is 0.321 e. The van der Waals surface area contributed by atoms with Gasteiger partial charge in [0, 0.05) is 0 Å². The van der Waals surface area contributed by atoms with Crippen LogP contribution in [0.4, 0.5) is 0 Å². The van der Waals surface area contributed by atoms with Crippen molar-refractivity contribution in [1.29, 1.82) is 0 Å². The van der Waals surface area contributed by atoms with Gasteiger partial charge < -0.3 is 5.11 Å². The van der Waals surface area contributed by atoms with E-state index in [9.17, 15) is 13.2 Å². The minimum Gasteiger partial charge on any atom is -0.480 e. The fourth-order valence-corrected chi connectivity index (χ4v) is 3.37. The molecule has 1 atom stereocenters. The molecule has 2 aromatic rings. The number of aromatic nitrogens is 3. The van der Waals surface area contributed by atoms with E-state index in [2.05, 4.69) is 14.8 Å². The molecule has 0 spiro atoms. The third-order valence-electron chi connectivity index (χ3n) is 3.30. The Morgan fingerprint density at radius 1 is 1.52 bits per heavy atom. The second-order valence-corrected chi connectivity index (χ2v) is 7.20. The fourth-order valence-electron chi connectivity index (χ4n) is 2.03. The van der Waals surface area contributed by atoms with Crippen LogP contribution in [0.1, 0.15) is 31.9 Å². The minimum absolute atomic E-state index is 0.174. The first kappa shape index (κ1) is 17.6. The van der Waals surface area contributed by atoms with E-state index < -0.39 is 22.0 Å². The minimum atomic E-state index is -4.03. The number of halogens is 1. The summed E-state index contributed by atoms with van der Waals surface area (Å²) in [6.07, 6.45) is 3.97. The van der Waals surface area contributed by atoms with Gasteiger partial charge in [-0.05, 0) is 13.3 Å². The number of aryl methyl sites for hydroxylation is 1. The van der Waals surface area contributed by atoms with Crippen molar-refractivity contribution in [3.63, 3.8) is 0 Å². The molecule has 2 N–H and O–H groups in total. The van der Waals surface area contributed by atoms with Gasteiger partial charge in [0.15, 0.2) is 5.65 Å². The van der Waals surface area contributed by atoms with Gasteiger partial charge in [-0.3, -0.25) is 4.79 Å². The Bertz CT molecular complexity index is 834. The average molecular weight is 361 g/mol. The molecule has 2 rings (SSSR count). The van der Waals surface area contributed by atoms with Gasteiger partial charge in [-0.1, -0.05) is 31.4 Å². The Labute approximate surface area is 138 Å². The Balaban J connectivity index is 2.33. The number of unbranched alkanes of at least 4 members (excludes halogenated alkanes) is 1. The van der Waals surface area contributed by atoms with Crippen molar-refractivity contribution in [2.24, 2.45) is 0 Å². The number of aliphatic carboxylic acids is 1. The molecular weight excluding hydrogens is 344 g/mol. The van der Waals surface area contributed by atoms with Crippen LogP contribution in [0.2, 0.25) is 5.02 Å². The predicted molar refractivity (Wildman–Crippen MR) is 84.0 cm³/mol. The van der Waals surface area contributed by atoms with E-state index in [4.69, 9.17) is 16.7 Å². The van der Waals surface area contributed by atoms with Gasteiger partial charge in [0.2, 0.25) is 10.0 Å². The summed E-state index contributed by atoms with van der Waals surface area (Å²) in [5.74, 6) is -1.21. The molecule has 23 heavy (non-hydrogen) atoms. The van der Waals surface area contributed by atoms with Gasteiger partial charge in [-0.2, -0.15) is 9.82 Å². The zero-order valence-corrected chi connectivity index (χ0v) is 14.2. The molecule has 0 fully saturated rings. The van der Waals surface area contributed by atoms with Crippen LogP contribution >= 0.6 is 11.6 Å². The number of carboxylic acid groups (broad SMARTS) is 1. The Morgan fingerprint density at radius 3 is 2.83 bits per heavy atom. The molecule has 0 amide bonds. The Morgan fingerprint density at radius 2 is 2.22 bits per heavy atom. The van der Waals surface area contributed by atoms with Crippen LogP contribution < -0.4 is 4.72 Å². The first-order valence-corrected chi connectivity index (χ1v) is 8.88. The standard InChI is InChI=1S/C13H17ClN4O4S/c1-3-4-5-10(13(19)20)17-23(21,22)9-6-15-12-11(14)8(2)16-18(12)7-9/h6-7,10,17H,3-5H2,1-2H3,(H,19,20). The molecule has 10 heteroatoms. The number of rotatable bonds is 7. The highest BCUT2D eigenvalue weighted by Gasteiger charge is 2.26. The molecule has 0 aliphatic heterocycles. The van der Waals surface area contributed by atoms with E-state index in [0.717, 1.165) is 12.6 Å². The summed E-state index contributed by atoms with van der Waals surface area (Å²) in [5, 5.41) is 13.5. The molecule has 8 nitrogen and oxygen atoms in total. The van der Waals surface area contributed by atoms with Crippen molar-refractivity contribution in [3.05, 3.63) is 23.1 Å². The lowest BCUT2D eigenvalue weighted by Crippen LogP contribution is -2.40. The van der Waals surface area contributed by atoms with Crippen LogP contribution in [0, 0.1) is 6.92 Å². The maximum Gasteiger partial charge on any atom is 0.321 e. The first-order chi connectivity index (χ1) is 10.8. The number of nitrogens with one attached hydrogen (secondary N) is 1. The number of nitrogens with zero attached hydrogens (tertiary/aromatic N) is 3. The summed E-state index contributed by atoms with van der Waals surface area (Å²) < 4.78 is 28.2. The highest BCUT2D eigenvalue weighted by atomic mass is 35.5. The Hall–Kier alpha value is -1.71. The maximum absolute atomic E-state index is 12.4. The second-order valence-electron chi connectivity index (χ2n) is 5.11. The normalized spacial score (nSPS) is 13.3. The molecule has 1 unspecified atom stereocenters. The highest BCUT2D eigenvalue weighted by Crippen LogP contribution is 2.20. The first-order valence-electron chi connectivity index (χ1n) is 7.02. The van der Waals surface area contributed by atoms with Gasteiger partial charge in [0.25, 0.3) is 0 Å². The zero-order chi connectivity index (χ0) is 17.2. The van der Waals surface area contributed by atoms with Gasteiger partial charge in [0.1, 0.15) is 16.0 Å². The second kappa shape index (κ2) is 6.81. The number of hydrogen-bond acceptors (Lipinski definition) is 5. The van der Waals surface area contributed by atoms with Gasteiger partial charge in [-0.25, -0.2) is 17.9 Å². The number of sulfonamides is 1. The van der Waals surface area contributed by atoms with Crippen molar-refractivity contribution in [2.45, 2.75) is 44.0 Å². The van der Waals surface area contributed by atoms with Crippen LogP contribution in [-0.4, -0.2) is 40.1 Å². The van der Waals surface area contributed by atoms with Crippen molar-refractivity contribution < 1.29 is 18.3 Å². The number of fused-ring (bicyclic) bond motifs is 1. The summed E-state index contributed by atoms with van der Waals surface area (Å²) in [6, 6.07) is -1.18. The van der Waals surface area contributed by atoms with E-state index in [0.29, 0.717) is 22.8 Å². The van der Waals surface area contributed by atoms with Crippen molar-refractivity contribution in [1.82, 2.24) is 19.3 Å². The molecule has 2 aromatic heterocycles. The van der Waals surface area contributed by atoms with E-state index in [1.54, 1.807) is 6.92 Å². The lowest BCUT2D eigenvalue weighted by molar-refractivity contribution is -0.139. The highest BCUT2D eigenvalue weighted by molar-refractivity contribution is 7.89. The average Bonchev–Trinajstić information content (AvgIpc) is 2.77. The third kappa shape index (κ3) is 3.80. The summed E-state index contributed by atoms with van der Waals surface area (Å²) in [6.45, 7) is 3.57. The van der Waals surface area contributed by atoms with Gasteiger partial charge >= 0.3 is 5.97 Å². The predicted octanol–water partition coefficient (Wildman–Crippen LogP) is 1.61. The maximum atomic E-state index is 12.4. The van der Waals surface area contributed by atoms with Crippen molar-refractivity contribution in [3.8, 4) is 0 Å². The van der Waals surface area contributed by atoms with Crippen molar-refractivity contribution >= 4 is 33.2 Å². The summed E-state index contributed by atoms with van der Waals surface area (Å²) in [7, 11) is -4.03. The largest absolute Gasteiger partial charge is 0.480 e. The molecule has 0 aromatic carbocycles. The number of carboxylic acids is 1. The SMILES string of the molecule is CCCCC(NS(=O)(=O)c1cnc2c(Cl)c(C)nn2c1)C(=O)O. The van der Waals surface area contributed by atoms with Crippen molar-refractivity contribution in [2.75, 3.05) is 0 Å². The lowest BCUT2D eigenvalue weighted by atomic mass is 10.1. The Kier molecular flexibility index (Phi) is 5.23. The van der Waals surface area contributed by atoms with Crippen LogP contribution in [0.5, 0.6) is 0 Å². The van der Waals surface area contributed by atoms with E-state index in [1.165, 1.54) is 10.7 Å². The molecule has 0 aliphatic rings. The fraction of sp³-hybridized carbons (Fsp3) is 0.462. The van der Waals surface area contributed by atoms with Crippen LogP contribution in [0.3, 0.4) is 0 Å². The van der Waals surface area contributed by atoms with Crippen LogP contribution in [-0.2, 0) is 14.8 Å². The molecule has 0 aliphatic carbocycles. The summed E-state index contributed by atoms with van der Waals surface area (Å²) >= 11 is 6.00. The van der Waals surface area contributed by atoms with Crippen LogP contribution in [0.25, 0.3) is 5.65 Å². The van der Waals surface area contributed by atoms with Crippen LogP contribution in [0.15, 0.2) is 17.3 Å². The van der Waals surface area contributed by atoms with E-state index in [1.807, 2.05) is 6.92 Å². The molecule has 0 saturated carbocycles. The molecule has 0 saturated heterocycles. The molecule has 0 bridgehead atoms. The lowest BCUT2D eigenvalue weighted by Gasteiger charge is -2.14.